The van der Waals surface area contributed by atoms with Gasteiger partial charge in [-0.25, -0.2) is 10.2 Å². The second-order valence-electron chi connectivity index (χ2n) is 6.97. The molecule has 1 N–H and O–H groups in total. The third kappa shape index (κ3) is 4.12. The summed E-state index contributed by atoms with van der Waals surface area (Å²) in [7, 11) is 0. The molecule has 4 rings (SSSR count). The van der Waals surface area contributed by atoms with E-state index in [-0.39, 0.29) is 6.03 Å². The van der Waals surface area contributed by atoms with Gasteiger partial charge in [-0.15, -0.1) is 0 Å². The molecule has 0 aromatic heterocycles. The summed E-state index contributed by atoms with van der Waals surface area (Å²) in [4.78, 5) is 14.5. The van der Waals surface area contributed by atoms with E-state index in [0.717, 1.165) is 30.6 Å². The molecule has 4 heteroatoms. The van der Waals surface area contributed by atoms with Crippen LogP contribution < -0.4 is 10.3 Å². The summed E-state index contributed by atoms with van der Waals surface area (Å²) >= 11 is 0. The third-order valence-electron chi connectivity index (χ3n) is 5.06. The molecule has 1 unspecified atom stereocenters. The van der Waals surface area contributed by atoms with Crippen molar-refractivity contribution < 1.29 is 4.79 Å². The SMILES string of the molecule is O=C(N/N=C/C1CCc2ccccc2C1)N(c1ccccc1)c1ccccc1. The first-order valence-electron chi connectivity index (χ1n) is 9.61. The monoisotopic (exact) mass is 369 g/mol. The predicted molar refractivity (Wildman–Crippen MR) is 114 cm³/mol. The average Bonchev–Trinajstić information content (AvgIpc) is 2.75. The van der Waals surface area contributed by atoms with Crippen molar-refractivity contribution in [3.8, 4) is 0 Å². The zero-order chi connectivity index (χ0) is 19.2. The van der Waals surface area contributed by atoms with E-state index >= 15 is 0 Å². The first-order chi connectivity index (χ1) is 13.8. The molecule has 4 nitrogen and oxygen atoms in total. The van der Waals surface area contributed by atoms with Crippen molar-refractivity contribution in [2.45, 2.75) is 19.3 Å². The fraction of sp³-hybridized carbons (Fsp3) is 0.167. The van der Waals surface area contributed by atoms with Crippen molar-refractivity contribution in [1.82, 2.24) is 5.43 Å². The van der Waals surface area contributed by atoms with E-state index in [4.69, 9.17) is 0 Å². The zero-order valence-electron chi connectivity index (χ0n) is 15.7. The molecule has 0 saturated heterocycles. The summed E-state index contributed by atoms with van der Waals surface area (Å²) in [6.45, 7) is 0. The summed E-state index contributed by atoms with van der Waals surface area (Å²) < 4.78 is 0. The number of carbonyl (C=O) groups excluding carboxylic acids is 1. The third-order valence-corrected chi connectivity index (χ3v) is 5.06. The van der Waals surface area contributed by atoms with Crippen molar-refractivity contribution in [3.63, 3.8) is 0 Å². The topological polar surface area (TPSA) is 44.7 Å². The number of hydrazone groups is 1. The number of anilines is 2. The summed E-state index contributed by atoms with van der Waals surface area (Å²) in [5.74, 6) is 0.345. The van der Waals surface area contributed by atoms with E-state index < -0.39 is 0 Å². The highest BCUT2D eigenvalue weighted by Gasteiger charge is 2.19. The first kappa shape index (κ1) is 18.0. The van der Waals surface area contributed by atoms with Crippen LogP contribution in [0.1, 0.15) is 17.5 Å². The Morgan fingerprint density at radius 1 is 0.857 bits per heavy atom. The van der Waals surface area contributed by atoms with Crippen LogP contribution in [0.25, 0.3) is 0 Å². The molecule has 0 heterocycles. The van der Waals surface area contributed by atoms with Crippen LogP contribution in [0.3, 0.4) is 0 Å². The number of hydrogen-bond acceptors (Lipinski definition) is 2. The van der Waals surface area contributed by atoms with Crippen LogP contribution >= 0.6 is 0 Å². The molecule has 3 aromatic rings. The fourth-order valence-corrected chi connectivity index (χ4v) is 3.64. The van der Waals surface area contributed by atoms with Gasteiger partial charge in [-0.1, -0.05) is 60.7 Å². The second kappa shape index (κ2) is 8.53. The Labute approximate surface area is 165 Å². The van der Waals surface area contributed by atoms with E-state index in [1.807, 2.05) is 66.9 Å². The van der Waals surface area contributed by atoms with Crippen LogP contribution in [-0.4, -0.2) is 12.2 Å². The van der Waals surface area contributed by atoms with Crippen LogP contribution in [0.2, 0.25) is 0 Å². The molecule has 1 aliphatic carbocycles. The first-order valence-corrected chi connectivity index (χ1v) is 9.61. The maximum Gasteiger partial charge on any atom is 0.346 e. The van der Waals surface area contributed by atoms with Crippen molar-refractivity contribution in [1.29, 1.82) is 0 Å². The molecule has 1 aliphatic rings. The Kier molecular flexibility index (Phi) is 5.48. The van der Waals surface area contributed by atoms with Gasteiger partial charge in [0.25, 0.3) is 0 Å². The maximum atomic E-state index is 12.9. The fourth-order valence-electron chi connectivity index (χ4n) is 3.64. The molecule has 0 bridgehead atoms. The van der Waals surface area contributed by atoms with Crippen molar-refractivity contribution in [2.24, 2.45) is 11.0 Å². The quantitative estimate of drug-likeness (QED) is 0.491. The van der Waals surface area contributed by atoms with Crippen LogP contribution in [-0.2, 0) is 12.8 Å². The molecule has 0 radical (unpaired) electrons. The number of para-hydroxylation sites is 2. The van der Waals surface area contributed by atoms with Gasteiger partial charge in [0.1, 0.15) is 0 Å². The van der Waals surface area contributed by atoms with Gasteiger partial charge < -0.3 is 0 Å². The number of hydrogen-bond donors (Lipinski definition) is 1. The minimum atomic E-state index is -0.273. The number of benzene rings is 3. The zero-order valence-corrected chi connectivity index (χ0v) is 15.7. The number of nitrogens with one attached hydrogen (secondary N) is 1. The van der Waals surface area contributed by atoms with E-state index in [1.165, 1.54) is 11.1 Å². The summed E-state index contributed by atoms with van der Waals surface area (Å²) in [5.41, 5.74) is 7.11. The molecule has 140 valence electrons. The Balaban J connectivity index is 1.46. The van der Waals surface area contributed by atoms with Gasteiger partial charge in [-0.2, -0.15) is 5.10 Å². The highest BCUT2D eigenvalue weighted by atomic mass is 16.2. The minimum absolute atomic E-state index is 0.273. The Hall–Kier alpha value is -3.40. The molecule has 3 aromatic carbocycles. The maximum absolute atomic E-state index is 12.9. The number of rotatable bonds is 4. The van der Waals surface area contributed by atoms with Crippen LogP contribution in [0.15, 0.2) is 90.0 Å². The highest BCUT2D eigenvalue weighted by molar-refractivity contribution is 5.99. The normalized spacial score (nSPS) is 15.8. The van der Waals surface area contributed by atoms with Gasteiger partial charge in [-0.3, -0.25) is 4.90 Å². The smallest absolute Gasteiger partial charge is 0.262 e. The molecule has 0 fully saturated rings. The predicted octanol–water partition coefficient (Wildman–Crippen LogP) is 5.33. The van der Waals surface area contributed by atoms with Crippen LogP contribution in [0.4, 0.5) is 16.2 Å². The molecule has 0 spiro atoms. The van der Waals surface area contributed by atoms with E-state index in [9.17, 15) is 4.79 Å². The lowest BCUT2D eigenvalue weighted by molar-refractivity contribution is 0.249. The van der Waals surface area contributed by atoms with Gasteiger partial charge >= 0.3 is 6.03 Å². The Morgan fingerprint density at radius 3 is 2.07 bits per heavy atom. The second-order valence-corrected chi connectivity index (χ2v) is 6.97. The number of fused-ring (bicyclic) bond motifs is 1. The molecule has 28 heavy (non-hydrogen) atoms. The Bertz CT molecular complexity index is 914. The minimum Gasteiger partial charge on any atom is -0.262 e. The Morgan fingerprint density at radius 2 is 1.43 bits per heavy atom. The number of amides is 2. The van der Waals surface area contributed by atoms with Crippen LogP contribution in [0.5, 0.6) is 0 Å². The van der Waals surface area contributed by atoms with E-state index in [2.05, 4.69) is 34.8 Å². The van der Waals surface area contributed by atoms with E-state index in [0.29, 0.717) is 5.92 Å². The summed E-state index contributed by atoms with van der Waals surface area (Å²) in [6, 6.07) is 27.5. The lowest BCUT2D eigenvalue weighted by Crippen LogP contribution is -2.34. The van der Waals surface area contributed by atoms with E-state index in [1.54, 1.807) is 4.90 Å². The number of aryl methyl sites for hydroxylation is 1. The molecule has 2 amide bonds. The molecule has 0 aliphatic heterocycles. The molecular weight excluding hydrogens is 346 g/mol. The van der Waals surface area contributed by atoms with Crippen molar-refractivity contribution >= 4 is 23.6 Å². The van der Waals surface area contributed by atoms with Gasteiger partial charge in [0, 0.05) is 12.1 Å². The van der Waals surface area contributed by atoms with Crippen LogP contribution in [0, 0.1) is 5.92 Å². The largest absolute Gasteiger partial charge is 0.346 e. The number of urea groups is 1. The number of carbonyl (C=O) groups is 1. The molecular formula is C24H23N3O. The lowest BCUT2D eigenvalue weighted by Gasteiger charge is -2.23. The highest BCUT2D eigenvalue weighted by Crippen LogP contribution is 2.26. The van der Waals surface area contributed by atoms with Crippen molar-refractivity contribution in [3.05, 3.63) is 96.1 Å². The van der Waals surface area contributed by atoms with Gasteiger partial charge in [-0.05, 0) is 54.7 Å². The standard InChI is InChI=1S/C24H23N3O/c28-24(26-25-18-19-15-16-20-9-7-8-10-21(20)17-19)27(22-11-3-1-4-12-22)23-13-5-2-6-14-23/h1-14,18-19H,15-17H2,(H,26,28)/b25-18+. The van der Waals surface area contributed by atoms with Gasteiger partial charge in [0.15, 0.2) is 0 Å². The lowest BCUT2D eigenvalue weighted by atomic mass is 9.85. The summed E-state index contributed by atoms with van der Waals surface area (Å²) in [6.07, 6.45) is 4.96. The van der Waals surface area contributed by atoms with Crippen molar-refractivity contribution in [2.75, 3.05) is 4.90 Å². The summed E-state index contributed by atoms with van der Waals surface area (Å²) in [5, 5.41) is 4.27. The molecule has 1 atom stereocenters. The molecule has 0 saturated carbocycles. The number of nitrogens with zero attached hydrogens (tertiary/aromatic N) is 2. The van der Waals surface area contributed by atoms with Gasteiger partial charge in [0.05, 0.1) is 11.4 Å². The van der Waals surface area contributed by atoms with Gasteiger partial charge in [0.2, 0.25) is 0 Å². The average molecular weight is 369 g/mol.